The number of ketones is 1. The molecule has 0 saturated heterocycles. The van der Waals surface area contributed by atoms with Gasteiger partial charge in [0.25, 0.3) is 5.95 Å². The van der Waals surface area contributed by atoms with E-state index in [4.69, 9.17) is 4.74 Å². The van der Waals surface area contributed by atoms with Crippen molar-refractivity contribution in [3.05, 3.63) is 51.4 Å². The highest BCUT2D eigenvalue weighted by Gasteiger charge is 2.23. The number of carbonyl (C=O) groups is 1. The number of hydrogen-bond acceptors (Lipinski definition) is 7. The van der Waals surface area contributed by atoms with Crippen LogP contribution in [0.3, 0.4) is 0 Å². The van der Waals surface area contributed by atoms with Crippen LogP contribution in [0.2, 0.25) is 0 Å². The maximum Gasteiger partial charge on any atom is 0.351 e. The van der Waals surface area contributed by atoms with Crippen LogP contribution in [0.1, 0.15) is 35.3 Å². The molecule has 0 atom stereocenters. The van der Waals surface area contributed by atoms with Gasteiger partial charge >= 0.3 is 5.63 Å². The van der Waals surface area contributed by atoms with E-state index >= 15 is 0 Å². The van der Waals surface area contributed by atoms with Crippen molar-refractivity contribution in [2.24, 2.45) is 4.99 Å². The summed E-state index contributed by atoms with van der Waals surface area (Å²) < 4.78 is 9.67. The van der Waals surface area contributed by atoms with Crippen LogP contribution in [0.5, 0.6) is 17.4 Å². The summed E-state index contributed by atoms with van der Waals surface area (Å²) in [6, 6.07) is 7.19. The van der Waals surface area contributed by atoms with E-state index in [-0.39, 0.29) is 17.8 Å². The normalized spacial score (nSPS) is 11.4. The van der Waals surface area contributed by atoms with E-state index in [1.165, 1.54) is 6.92 Å². The lowest BCUT2D eigenvalue weighted by atomic mass is 10.1. The predicted molar refractivity (Wildman–Crippen MR) is 87.2 cm³/mol. The molecular formula is C17H17NO6. The van der Waals surface area contributed by atoms with Crippen molar-refractivity contribution in [3.63, 3.8) is 0 Å². The largest absolute Gasteiger partial charge is 0.506 e. The van der Waals surface area contributed by atoms with Crippen LogP contribution in [0.25, 0.3) is 0 Å². The van der Waals surface area contributed by atoms with Crippen molar-refractivity contribution >= 4 is 11.5 Å². The molecule has 1 heterocycles. The van der Waals surface area contributed by atoms with Gasteiger partial charge in [-0.25, -0.2) is 4.79 Å². The lowest BCUT2D eigenvalue weighted by molar-refractivity contribution is 0.100. The van der Waals surface area contributed by atoms with Gasteiger partial charge in [-0.1, -0.05) is 12.1 Å². The Labute approximate surface area is 137 Å². The first kappa shape index (κ1) is 17.3. The molecule has 24 heavy (non-hydrogen) atoms. The average molecular weight is 331 g/mol. The van der Waals surface area contributed by atoms with Gasteiger partial charge in [0.05, 0.1) is 19.4 Å². The molecule has 0 saturated carbocycles. The zero-order valence-corrected chi connectivity index (χ0v) is 13.5. The zero-order chi connectivity index (χ0) is 17.9. The molecule has 7 heteroatoms. The molecule has 7 nitrogen and oxygen atoms in total. The Hall–Kier alpha value is -3.09. The van der Waals surface area contributed by atoms with Gasteiger partial charge in [0, 0.05) is 0 Å². The van der Waals surface area contributed by atoms with Crippen LogP contribution in [0, 0.1) is 0 Å². The minimum Gasteiger partial charge on any atom is -0.506 e. The highest BCUT2D eigenvalue weighted by atomic mass is 16.5. The molecule has 1 aromatic heterocycles. The Bertz CT molecular complexity index is 849. The summed E-state index contributed by atoms with van der Waals surface area (Å²) in [5.41, 5.74) is -0.592. The third kappa shape index (κ3) is 3.45. The van der Waals surface area contributed by atoms with Crippen LogP contribution in [0.4, 0.5) is 0 Å². The monoisotopic (exact) mass is 331 g/mol. The summed E-state index contributed by atoms with van der Waals surface area (Å²) >= 11 is 0. The highest BCUT2D eigenvalue weighted by molar-refractivity contribution is 6.06. The van der Waals surface area contributed by atoms with Crippen LogP contribution in [-0.2, 0) is 6.54 Å². The maximum absolute atomic E-state index is 11.9. The molecule has 0 aliphatic heterocycles. The first-order valence-corrected chi connectivity index (χ1v) is 7.09. The molecule has 0 fully saturated rings. The van der Waals surface area contributed by atoms with E-state index < -0.39 is 28.7 Å². The lowest BCUT2D eigenvalue weighted by Crippen LogP contribution is -2.15. The van der Waals surface area contributed by atoms with E-state index in [0.717, 1.165) is 12.5 Å². The second-order valence-corrected chi connectivity index (χ2v) is 5.10. The Morgan fingerprint density at radius 1 is 1.17 bits per heavy atom. The number of nitrogens with zero attached hydrogens (tertiary/aromatic N) is 1. The number of aromatic hydroxyl groups is 2. The molecule has 0 aliphatic carbocycles. The van der Waals surface area contributed by atoms with Gasteiger partial charge in [0.15, 0.2) is 5.78 Å². The smallest absolute Gasteiger partial charge is 0.351 e. The third-order valence-electron chi connectivity index (χ3n) is 3.45. The molecule has 1 aromatic carbocycles. The molecule has 2 aromatic rings. The summed E-state index contributed by atoms with van der Waals surface area (Å²) in [4.78, 5) is 27.6. The first-order valence-electron chi connectivity index (χ1n) is 7.09. The molecule has 126 valence electrons. The Balaban J connectivity index is 2.38. The van der Waals surface area contributed by atoms with E-state index in [1.54, 1.807) is 19.2 Å². The SMILES string of the molecule is COc1ccc(CN=C(C)c2c(O)c(C(C)=O)c(O)oc2=O)cc1. The van der Waals surface area contributed by atoms with Gasteiger partial charge in [-0.15, -0.1) is 0 Å². The summed E-state index contributed by atoms with van der Waals surface area (Å²) in [5, 5.41) is 19.6. The van der Waals surface area contributed by atoms with Crippen molar-refractivity contribution in [3.8, 4) is 17.4 Å². The number of benzene rings is 1. The Morgan fingerprint density at radius 3 is 2.33 bits per heavy atom. The minimum absolute atomic E-state index is 0.194. The fourth-order valence-electron chi connectivity index (χ4n) is 2.17. The maximum atomic E-state index is 11.9. The highest BCUT2D eigenvalue weighted by Crippen LogP contribution is 2.28. The standard InChI is InChI=1S/C17H17NO6/c1-9(18-8-11-4-6-12(23-3)7-5-11)13-15(20)14(10(2)19)17(22)24-16(13)21/h4-7,20,22H,8H2,1-3H3. The molecule has 2 rings (SSSR count). The van der Waals surface area contributed by atoms with Gasteiger partial charge < -0.3 is 19.4 Å². The minimum atomic E-state index is -0.967. The summed E-state index contributed by atoms with van der Waals surface area (Å²) in [6.07, 6.45) is 0. The van der Waals surface area contributed by atoms with Gasteiger partial charge in [0.1, 0.15) is 22.6 Å². The molecule has 2 N–H and O–H groups in total. The average Bonchev–Trinajstić information content (AvgIpc) is 2.52. The number of aliphatic imine (C=N–C) groups is 1. The van der Waals surface area contributed by atoms with Crippen molar-refractivity contribution in [1.82, 2.24) is 0 Å². The second kappa shape index (κ2) is 6.99. The van der Waals surface area contributed by atoms with Gasteiger partial charge in [0.2, 0.25) is 0 Å². The molecule has 0 radical (unpaired) electrons. The van der Waals surface area contributed by atoms with Crippen LogP contribution < -0.4 is 10.4 Å². The summed E-state index contributed by atoms with van der Waals surface area (Å²) in [6.45, 7) is 2.91. The van der Waals surface area contributed by atoms with Gasteiger partial charge in [-0.05, 0) is 31.5 Å². The summed E-state index contributed by atoms with van der Waals surface area (Å²) in [5.74, 6) is -1.45. The van der Waals surface area contributed by atoms with E-state index in [1.807, 2.05) is 12.1 Å². The van der Waals surface area contributed by atoms with Crippen molar-refractivity contribution in [2.45, 2.75) is 20.4 Å². The van der Waals surface area contributed by atoms with E-state index in [9.17, 15) is 19.8 Å². The number of carbonyl (C=O) groups excluding carboxylic acids is 1. The Kier molecular flexibility index (Phi) is 5.03. The topological polar surface area (TPSA) is 109 Å². The fraction of sp³-hybridized carbons (Fsp3) is 0.235. The van der Waals surface area contributed by atoms with Gasteiger partial charge in [-0.2, -0.15) is 0 Å². The van der Waals surface area contributed by atoms with Crippen molar-refractivity contribution in [1.29, 1.82) is 0 Å². The van der Waals surface area contributed by atoms with Crippen molar-refractivity contribution in [2.75, 3.05) is 7.11 Å². The molecule has 0 spiro atoms. The molecule has 0 aliphatic rings. The molecule has 0 amide bonds. The molecular weight excluding hydrogens is 314 g/mol. The fourth-order valence-corrected chi connectivity index (χ4v) is 2.17. The number of rotatable bonds is 5. The number of ether oxygens (including phenoxy) is 1. The van der Waals surface area contributed by atoms with Crippen LogP contribution >= 0.6 is 0 Å². The molecule has 0 bridgehead atoms. The van der Waals surface area contributed by atoms with Gasteiger partial charge in [-0.3, -0.25) is 9.79 Å². The van der Waals surface area contributed by atoms with Crippen LogP contribution in [-0.4, -0.2) is 28.8 Å². The second-order valence-electron chi connectivity index (χ2n) is 5.10. The number of Topliss-reactive ketones (excluding diaryl/α,β-unsaturated/α-hetero) is 1. The van der Waals surface area contributed by atoms with E-state index in [0.29, 0.717) is 5.75 Å². The number of hydrogen-bond donors (Lipinski definition) is 2. The summed E-state index contributed by atoms with van der Waals surface area (Å²) in [7, 11) is 1.57. The zero-order valence-electron chi connectivity index (χ0n) is 13.5. The van der Waals surface area contributed by atoms with Crippen molar-refractivity contribution < 1.29 is 24.2 Å². The first-order chi connectivity index (χ1) is 11.3. The van der Waals surface area contributed by atoms with E-state index in [2.05, 4.69) is 9.41 Å². The lowest BCUT2D eigenvalue weighted by Gasteiger charge is -2.07. The molecule has 0 unspecified atom stereocenters. The predicted octanol–water partition coefficient (Wildman–Crippen LogP) is 2.27. The van der Waals surface area contributed by atoms with Crippen LogP contribution in [0.15, 0.2) is 38.5 Å². The third-order valence-corrected chi connectivity index (χ3v) is 3.45. The Morgan fingerprint density at radius 2 is 1.79 bits per heavy atom. The number of methoxy groups -OCH3 is 1. The quantitative estimate of drug-likeness (QED) is 0.642.